The number of carbonyl (C=O) groups excluding carboxylic acids is 1. The molecule has 7 heteroatoms. The fraction of sp³-hybridized carbons (Fsp3) is 0.929. The van der Waals surface area contributed by atoms with E-state index in [9.17, 15) is 14.5 Å². The molecule has 0 fully saturated rings. The molecule has 0 saturated heterocycles. The second kappa shape index (κ2) is 13.3. The van der Waals surface area contributed by atoms with Crippen LogP contribution in [0.5, 0.6) is 0 Å². The molecule has 6 nitrogen and oxygen atoms in total. The first kappa shape index (κ1) is 20.6. The SMILES string of the molecule is CCC(O)CCCO[PH](=O)CC(C)C(=O)OCCCCO. The lowest BCUT2D eigenvalue weighted by atomic mass is 10.2. The normalized spacial score (nSPS) is 15.4. The van der Waals surface area contributed by atoms with Gasteiger partial charge in [0.1, 0.15) is 0 Å². The highest BCUT2D eigenvalue weighted by atomic mass is 31.1. The highest BCUT2D eigenvalue weighted by Crippen LogP contribution is 2.26. The Morgan fingerprint density at radius 2 is 1.95 bits per heavy atom. The third-order valence-corrected chi connectivity index (χ3v) is 4.56. The Balaban J connectivity index is 3.70. The molecule has 126 valence electrons. The Bertz CT molecular complexity index is 297. The Hall–Kier alpha value is -0.420. The number of carbonyl (C=O) groups is 1. The summed E-state index contributed by atoms with van der Waals surface area (Å²) in [7, 11) is -2.24. The fourth-order valence-electron chi connectivity index (χ4n) is 1.63. The summed E-state index contributed by atoms with van der Waals surface area (Å²) in [6.45, 7) is 4.28. The summed E-state index contributed by atoms with van der Waals surface area (Å²) in [5, 5.41) is 18.0. The monoisotopic (exact) mass is 324 g/mol. The van der Waals surface area contributed by atoms with E-state index in [1.54, 1.807) is 6.92 Å². The van der Waals surface area contributed by atoms with Gasteiger partial charge in [-0.2, -0.15) is 0 Å². The van der Waals surface area contributed by atoms with Crippen LogP contribution in [0.4, 0.5) is 0 Å². The van der Waals surface area contributed by atoms with E-state index in [-0.39, 0.29) is 31.4 Å². The predicted octanol–water partition coefficient (Wildman–Crippen LogP) is 1.98. The zero-order valence-corrected chi connectivity index (χ0v) is 14.0. The maximum Gasteiger partial charge on any atom is 0.309 e. The molecule has 0 spiro atoms. The molecule has 21 heavy (non-hydrogen) atoms. The third-order valence-electron chi connectivity index (χ3n) is 3.09. The number of aliphatic hydroxyl groups is 2. The molecule has 0 heterocycles. The van der Waals surface area contributed by atoms with E-state index in [4.69, 9.17) is 14.4 Å². The molecule has 0 rings (SSSR count). The summed E-state index contributed by atoms with van der Waals surface area (Å²) in [6.07, 6.45) is 3.07. The molecule has 0 aliphatic carbocycles. The van der Waals surface area contributed by atoms with Crippen LogP contribution in [0.3, 0.4) is 0 Å². The number of esters is 1. The van der Waals surface area contributed by atoms with Crippen LogP contribution in [0.2, 0.25) is 0 Å². The van der Waals surface area contributed by atoms with Crippen LogP contribution in [0, 0.1) is 5.92 Å². The molecule has 3 unspecified atom stereocenters. The van der Waals surface area contributed by atoms with Crippen LogP contribution < -0.4 is 0 Å². The number of ether oxygens (including phenoxy) is 1. The minimum atomic E-state index is -2.24. The van der Waals surface area contributed by atoms with Crippen LogP contribution in [0.25, 0.3) is 0 Å². The maximum absolute atomic E-state index is 11.7. The van der Waals surface area contributed by atoms with Gasteiger partial charge in [0.05, 0.1) is 25.2 Å². The Labute approximate surface area is 127 Å². The van der Waals surface area contributed by atoms with Gasteiger partial charge in [-0.15, -0.1) is 0 Å². The van der Waals surface area contributed by atoms with Crippen molar-refractivity contribution in [2.45, 2.75) is 52.1 Å². The van der Waals surface area contributed by atoms with Gasteiger partial charge < -0.3 is 19.5 Å². The number of hydrogen-bond acceptors (Lipinski definition) is 6. The van der Waals surface area contributed by atoms with Gasteiger partial charge in [0.25, 0.3) is 0 Å². The minimum absolute atomic E-state index is 0.0847. The van der Waals surface area contributed by atoms with Gasteiger partial charge in [-0.05, 0) is 32.1 Å². The molecule has 0 bridgehead atoms. The summed E-state index contributed by atoms with van der Waals surface area (Å²) in [4.78, 5) is 11.6. The Morgan fingerprint density at radius 1 is 1.24 bits per heavy atom. The fourth-order valence-corrected chi connectivity index (χ4v) is 2.79. The van der Waals surface area contributed by atoms with Crippen molar-refractivity contribution in [3.63, 3.8) is 0 Å². The van der Waals surface area contributed by atoms with Crippen LogP contribution in [-0.2, 0) is 18.6 Å². The van der Waals surface area contributed by atoms with E-state index >= 15 is 0 Å². The smallest absolute Gasteiger partial charge is 0.309 e. The average molecular weight is 324 g/mol. The lowest BCUT2D eigenvalue weighted by Crippen LogP contribution is -2.18. The van der Waals surface area contributed by atoms with Gasteiger partial charge >= 0.3 is 5.97 Å². The van der Waals surface area contributed by atoms with Crippen molar-refractivity contribution in [3.8, 4) is 0 Å². The summed E-state index contributed by atoms with van der Waals surface area (Å²) in [5.41, 5.74) is 0. The van der Waals surface area contributed by atoms with Crippen molar-refractivity contribution in [2.75, 3.05) is 26.0 Å². The molecule has 0 aromatic rings. The Kier molecular flexibility index (Phi) is 13.0. The third kappa shape index (κ3) is 11.9. The second-order valence-electron chi connectivity index (χ2n) is 5.13. The van der Waals surface area contributed by atoms with E-state index in [1.165, 1.54) is 0 Å². The van der Waals surface area contributed by atoms with Crippen molar-refractivity contribution >= 4 is 14.0 Å². The molecule has 0 saturated carbocycles. The van der Waals surface area contributed by atoms with Crippen molar-refractivity contribution in [1.29, 1.82) is 0 Å². The van der Waals surface area contributed by atoms with Gasteiger partial charge in [0.15, 0.2) is 8.03 Å². The van der Waals surface area contributed by atoms with E-state index < -0.39 is 13.9 Å². The van der Waals surface area contributed by atoms with E-state index in [0.29, 0.717) is 38.7 Å². The first-order valence-electron chi connectivity index (χ1n) is 7.62. The predicted molar refractivity (Wildman–Crippen MR) is 81.8 cm³/mol. The number of rotatable bonds is 13. The topological polar surface area (TPSA) is 93.1 Å². The van der Waals surface area contributed by atoms with Gasteiger partial charge in [-0.1, -0.05) is 13.8 Å². The molecule has 2 N–H and O–H groups in total. The van der Waals surface area contributed by atoms with Crippen molar-refractivity contribution in [1.82, 2.24) is 0 Å². The zero-order valence-electron chi connectivity index (χ0n) is 13.0. The van der Waals surface area contributed by atoms with Crippen LogP contribution in [0.15, 0.2) is 0 Å². The van der Waals surface area contributed by atoms with Gasteiger partial charge in [-0.25, -0.2) is 0 Å². The molecule has 3 atom stereocenters. The van der Waals surface area contributed by atoms with Crippen LogP contribution in [-0.4, -0.2) is 48.3 Å². The molecule has 0 aromatic carbocycles. The van der Waals surface area contributed by atoms with Crippen molar-refractivity contribution < 1.29 is 28.8 Å². The van der Waals surface area contributed by atoms with Crippen molar-refractivity contribution in [2.24, 2.45) is 5.92 Å². The zero-order chi connectivity index (χ0) is 16.1. The highest BCUT2D eigenvalue weighted by molar-refractivity contribution is 7.39. The minimum Gasteiger partial charge on any atom is -0.465 e. The summed E-state index contributed by atoms with van der Waals surface area (Å²) in [6, 6.07) is 0. The molecule has 0 aliphatic rings. The van der Waals surface area contributed by atoms with Crippen LogP contribution >= 0.6 is 8.03 Å². The van der Waals surface area contributed by atoms with Gasteiger partial charge in [0, 0.05) is 12.8 Å². The molecule has 0 aromatic heterocycles. The summed E-state index contributed by atoms with van der Waals surface area (Å²) >= 11 is 0. The van der Waals surface area contributed by atoms with Gasteiger partial charge in [0.2, 0.25) is 0 Å². The first-order valence-corrected chi connectivity index (χ1v) is 9.14. The van der Waals surface area contributed by atoms with E-state index in [2.05, 4.69) is 0 Å². The molecular formula is C14H29O6P. The largest absolute Gasteiger partial charge is 0.465 e. The maximum atomic E-state index is 11.7. The first-order chi connectivity index (χ1) is 10.0. The highest BCUT2D eigenvalue weighted by Gasteiger charge is 2.17. The summed E-state index contributed by atoms with van der Waals surface area (Å²) in [5.74, 6) is -0.831. The molecule has 0 amide bonds. The quantitative estimate of drug-likeness (QED) is 0.306. The number of aliphatic hydroxyl groups excluding tert-OH is 2. The lowest BCUT2D eigenvalue weighted by Gasteiger charge is -2.12. The van der Waals surface area contributed by atoms with Crippen molar-refractivity contribution in [3.05, 3.63) is 0 Å². The molecule has 0 aliphatic heterocycles. The molecule has 0 radical (unpaired) electrons. The van der Waals surface area contributed by atoms with E-state index in [0.717, 1.165) is 0 Å². The lowest BCUT2D eigenvalue weighted by molar-refractivity contribution is -0.147. The average Bonchev–Trinajstić information content (AvgIpc) is 2.47. The Morgan fingerprint density at radius 3 is 2.57 bits per heavy atom. The second-order valence-corrected chi connectivity index (χ2v) is 6.57. The van der Waals surface area contributed by atoms with E-state index in [1.807, 2.05) is 6.92 Å². The number of hydrogen-bond donors (Lipinski definition) is 2. The molecular weight excluding hydrogens is 295 g/mol. The standard InChI is InChI=1S/C14H29O6P/c1-3-13(16)7-6-10-20-21(18)11-12(2)14(17)19-9-5-4-8-15/h12-13,15-16,21H,3-11H2,1-2H3. The summed E-state index contributed by atoms with van der Waals surface area (Å²) < 4.78 is 21.9. The van der Waals surface area contributed by atoms with Crippen LogP contribution in [0.1, 0.15) is 46.0 Å². The number of unbranched alkanes of at least 4 members (excludes halogenated alkanes) is 1. The van der Waals surface area contributed by atoms with Gasteiger partial charge in [-0.3, -0.25) is 9.36 Å².